The molecule has 0 bridgehead atoms. The van der Waals surface area contributed by atoms with Gasteiger partial charge < -0.3 is 10.4 Å². The zero-order valence-corrected chi connectivity index (χ0v) is 21.4. The molecule has 4 aromatic rings. The Hall–Kier alpha value is -3.62. The van der Waals surface area contributed by atoms with Gasteiger partial charge in [0.2, 0.25) is 0 Å². The van der Waals surface area contributed by atoms with Crippen LogP contribution in [-0.4, -0.2) is 17.2 Å². The number of anilines is 1. The number of carbonyl (C=O) groups is 1. The molecule has 0 aliphatic carbocycles. The molecule has 0 unspecified atom stereocenters. The Morgan fingerprint density at radius 1 is 1.00 bits per heavy atom. The minimum Gasteiger partial charge on any atom is -0.506 e. The maximum absolute atomic E-state index is 12.9. The second kappa shape index (κ2) is 11.2. The van der Waals surface area contributed by atoms with E-state index in [0.29, 0.717) is 27.2 Å². The van der Waals surface area contributed by atoms with Gasteiger partial charge in [-0.05, 0) is 94.1 Å². The number of carbonyl (C=O) groups excluding carboxylic acids is 1. The predicted octanol–water partition coefficient (Wildman–Crippen LogP) is 8.42. The summed E-state index contributed by atoms with van der Waals surface area (Å²) < 4.78 is 39.2. The van der Waals surface area contributed by atoms with Gasteiger partial charge in [-0.2, -0.15) is 13.2 Å². The van der Waals surface area contributed by atoms with Crippen molar-refractivity contribution < 1.29 is 23.1 Å². The van der Waals surface area contributed by atoms with Crippen molar-refractivity contribution in [1.82, 2.24) is 0 Å². The molecule has 37 heavy (non-hydrogen) atoms. The number of rotatable bonds is 6. The van der Waals surface area contributed by atoms with Gasteiger partial charge in [-0.1, -0.05) is 35.9 Å². The van der Waals surface area contributed by atoms with Crippen LogP contribution in [0.4, 0.5) is 24.5 Å². The fourth-order valence-electron chi connectivity index (χ4n) is 3.56. The van der Waals surface area contributed by atoms with Crippen molar-refractivity contribution in [2.24, 2.45) is 4.99 Å². The molecule has 188 valence electrons. The van der Waals surface area contributed by atoms with E-state index < -0.39 is 17.6 Å². The highest BCUT2D eigenvalue weighted by Crippen LogP contribution is 2.32. The number of nitrogens with one attached hydrogen (secondary N) is 1. The number of hydrogen-bond donors (Lipinski definition) is 2. The van der Waals surface area contributed by atoms with E-state index in [-0.39, 0.29) is 17.0 Å². The molecule has 0 saturated heterocycles. The number of amides is 1. The molecule has 0 heterocycles. The van der Waals surface area contributed by atoms with Gasteiger partial charge >= 0.3 is 6.18 Å². The first-order valence-electron chi connectivity index (χ1n) is 11.0. The van der Waals surface area contributed by atoms with E-state index in [1.165, 1.54) is 30.5 Å². The second-order valence-electron chi connectivity index (χ2n) is 8.12. The molecular weight excluding hydrogens is 569 g/mol. The molecule has 4 aromatic carbocycles. The summed E-state index contributed by atoms with van der Waals surface area (Å²) in [6.45, 7) is 0. The maximum atomic E-state index is 12.9. The molecule has 9 heteroatoms. The summed E-state index contributed by atoms with van der Waals surface area (Å²) in [5.74, 6) is -0.521. The maximum Gasteiger partial charge on any atom is 0.416 e. The van der Waals surface area contributed by atoms with Crippen LogP contribution in [0.5, 0.6) is 5.75 Å². The van der Waals surface area contributed by atoms with Crippen molar-refractivity contribution in [3.8, 4) is 5.75 Å². The van der Waals surface area contributed by atoms with Gasteiger partial charge in [0.15, 0.2) is 0 Å². The number of aliphatic imine (C=N–C) groups is 1. The summed E-state index contributed by atoms with van der Waals surface area (Å²) in [6, 6.07) is 21.8. The molecule has 0 aliphatic rings. The predicted molar refractivity (Wildman–Crippen MR) is 143 cm³/mol. The van der Waals surface area contributed by atoms with E-state index >= 15 is 0 Å². The molecule has 0 atom stereocenters. The molecule has 0 fully saturated rings. The lowest BCUT2D eigenvalue weighted by Gasteiger charge is -2.10. The number of halogens is 5. The number of hydrogen-bond acceptors (Lipinski definition) is 3. The Kier molecular flexibility index (Phi) is 8.00. The standard InChI is InChI=1S/C28H19BrClF3N2O2/c29-24-14-17(12-19-4-1-2-7-25(19)30)13-20(26(24)36)16-34-22-10-8-18(9-11-22)27(37)35-23-6-3-5-21(15-23)28(31,32)33/h1-11,13-16,36H,12H2,(H,35,37). The fraction of sp³-hybridized carbons (Fsp3) is 0.0714. The third-order valence-corrected chi connectivity index (χ3v) is 6.41. The van der Waals surface area contributed by atoms with Crippen molar-refractivity contribution in [3.05, 3.63) is 122 Å². The third kappa shape index (κ3) is 6.78. The zero-order valence-electron chi connectivity index (χ0n) is 19.1. The molecule has 0 radical (unpaired) electrons. The number of phenols is 1. The SMILES string of the molecule is O=C(Nc1cccc(C(F)(F)F)c1)c1ccc(N=Cc2cc(Cc3ccccc3Cl)cc(Br)c2O)cc1. The number of phenolic OH excluding ortho intramolecular Hbond substituents is 1. The van der Waals surface area contributed by atoms with Crippen LogP contribution in [0, 0.1) is 0 Å². The Balaban J connectivity index is 1.47. The van der Waals surface area contributed by atoms with Crippen LogP contribution < -0.4 is 5.32 Å². The molecule has 1 amide bonds. The minimum absolute atomic E-state index is 0.0312. The summed E-state index contributed by atoms with van der Waals surface area (Å²) in [5, 5.41) is 13.6. The smallest absolute Gasteiger partial charge is 0.416 e. The van der Waals surface area contributed by atoms with Crippen LogP contribution in [0.3, 0.4) is 0 Å². The van der Waals surface area contributed by atoms with E-state index in [2.05, 4.69) is 26.2 Å². The van der Waals surface area contributed by atoms with Gasteiger partial charge in [-0.25, -0.2) is 0 Å². The van der Waals surface area contributed by atoms with Crippen LogP contribution in [0.1, 0.15) is 32.6 Å². The van der Waals surface area contributed by atoms with E-state index in [1.54, 1.807) is 12.1 Å². The molecule has 2 N–H and O–H groups in total. The van der Waals surface area contributed by atoms with Crippen molar-refractivity contribution in [2.45, 2.75) is 12.6 Å². The monoisotopic (exact) mass is 586 g/mol. The van der Waals surface area contributed by atoms with E-state index in [0.717, 1.165) is 23.3 Å². The van der Waals surface area contributed by atoms with E-state index in [4.69, 9.17) is 11.6 Å². The Morgan fingerprint density at radius 3 is 2.43 bits per heavy atom. The highest BCUT2D eigenvalue weighted by molar-refractivity contribution is 9.10. The van der Waals surface area contributed by atoms with Crippen LogP contribution >= 0.6 is 27.5 Å². The first kappa shape index (κ1) is 26.4. The lowest BCUT2D eigenvalue weighted by molar-refractivity contribution is -0.137. The molecule has 0 saturated carbocycles. The van der Waals surface area contributed by atoms with Crippen molar-refractivity contribution >= 4 is 51.0 Å². The summed E-state index contributed by atoms with van der Waals surface area (Å²) in [7, 11) is 0. The van der Waals surface area contributed by atoms with E-state index in [1.807, 2.05) is 36.4 Å². The molecule has 0 aliphatic heterocycles. The number of alkyl halides is 3. The highest BCUT2D eigenvalue weighted by Gasteiger charge is 2.30. The summed E-state index contributed by atoms with van der Waals surface area (Å²) in [6.07, 6.45) is -2.43. The van der Waals surface area contributed by atoms with Gasteiger partial charge in [0.25, 0.3) is 5.91 Å². The Morgan fingerprint density at radius 2 is 1.73 bits per heavy atom. The Labute approximate surface area is 224 Å². The first-order chi connectivity index (χ1) is 17.6. The van der Waals surface area contributed by atoms with Crippen LogP contribution in [0.2, 0.25) is 5.02 Å². The van der Waals surface area contributed by atoms with Gasteiger partial charge in [0.1, 0.15) is 5.75 Å². The number of nitrogens with zero attached hydrogens (tertiary/aromatic N) is 1. The summed E-state index contributed by atoms with van der Waals surface area (Å²) in [4.78, 5) is 16.9. The third-order valence-electron chi connectivity index (χ3n) is 5.44. The van der Waals surface area contributed by atoms with Gasteiger partial charge in [0, 0.05) is 28.1 Å². The molecular formula is C28H19BrClF3N2O2. The quantitative estimate of drug-likeness (QED) is 0.223. The summed E-state index contributed by atoms with van der Waals surface area (Å²) in [5.41, 5.74) is 2.32. The lowest BCUT2D eigenvalue weighted by atomic mass is 10.0. The minimum atomic E-state index is -4.50. The van der Waals surface area contributed by atoms with Crippen molar-refractivity contribution in [1.29, 1.82) is 0 Å². The average Bonchev–Trinajstić information content (AvgIpc) is 2.86. The molecule has 4 nitrogen and oxygen atoms in total. The van der Waals surface area contributed by atoms with E-state index in [9.17, 15) is 23.1 Å². The number of benzene rings is 4. The fourth-order valence-corrected chi connectivity index (χ4v) is 4.29. The van der Waals surface area contributed by atoms with Crippen LogP contribution in [0.25, 0.3) is 0 Å². The Bertz CT molecular complexity index is 1470. The largest absolute Gasteiger partial charge is 0.506 e. The van der Waals surface area contributed by atoms with Gasteiger partial charge in [0.05, 0.1) is 15.7 Å². The highest BCUT2D eigenvalue weighted by atomic mass is 79.9. The van der Waals surface area contributed by atoms with Crippen molar-refractivity contribution in [2.75, 3.05) is 5.32 Å². The van der Waals surface area contributed by atoms with Crippen LogP contribution in [0.15, 0.2) is 94.4 Å². The topological polar surface area (TPSA) is 61.7 Å². The zero-order chi connectivity index (χ0) is 26.6. The number of aromatic hydroxyl groups is 1. The molecule has 0 aromatic heterocycles. The van der Waals surface area contributed by atoms with Crippen LogP contribution in [-0.2, 0) is 12.6 Å². The summed E-state index contributed by atoms with van der Waals surface area (Å²) >= 11 is 9.64. The van der Waals surface area contributed by atoms with Crippen molar-refractivity contribution in [3.63, 3.8) is 0 Å². The van der Waals surface area contributed by atoms with Gasteiger partial charge in [-0.15, -0.1) is 0 Å². The van der Waals surface area contributed by atoms with Gasteiger partial charge in [-0.3, -0.25) is 9.79 Å². The first-order valence-corrected chi connectivity index (χ1v) is 12.1. The normalized spacial score (nSPS) is 11.6. The second-order valence-corrected chi connectivity index (χ2v) is 9.38. The lowest BCUT2D eigenvalue weighted by Crippen LogP contribution is -2.13. The molecule has 4 rings (SSSR count). The molecule has 0 spiro atoms. The average molecular weight is 588 g/mol.